The highest BCUT2D eigenvalue weighted by Crippen LogP contribution is 2.54. The first-order valence-electron chi connectivity index (χ1n) is 15.9. The average Bonchev–Trinajstić information content (AvgIpc) is 3.32. The highest BCUT2D eigenvalue weighted by atomic mass is 14.4. The van der Waals surface area contributed by atoms with Crippen molar-refractivity contribution in [2.24, 2.45) is 0 Å². The summed E-state index contributed by atoms with van der Waals surface area (Å²) in [7, 11) is 0. The fourth-order valence-electron chi connectivity index (χ4n) is 8.07. The van der Waals surface area contributed by atoms with Gasteiger partial charge in [0.1, 0.15) is 0 Å². The molecule has 0 unspecified atom stereocenters. The molecule has 0 atom stereocenters. The Bertz CT molecular complexity index is 2370. The summed E-state index contributed by atoms with van der Waals surface area (Å²) in [6.07, 6.45) is 0. The van der Waals surface area contributed by atoms with Crippen LogP contribution < -0.4 is 0 Å². The van der Waals surface area contributed by atoms with Crippen LogP contribution in [0.3, 0.4) is 0 Å². The Morgan fingerprint density at radius 2 is 0.800 bits per heavy atom. The third-order valence-electron chi connectivity index (χ3n) is 10.0. The summed E-state index contributed by atoms with van der Waals surface area (Å²) in [6.45, 7) is 4.77. The second kappa shape index (κ2) is 9.78. The zero-order valence-corrected chi connectivity index (χ0v) is 25.5. The molecule has 0 spiro atoms. The van der Waals surface area contributed by atoms with Gasteiger partial charge in [0.2, 0.25) is 0 Å². The lowest BCUT2D eigenvalue weighted by Gasteiger charge is -2.26. The molecule has 0 aromatic heterocycles. The van der Waals surface area contributed by atoms with E-state index in [-0.39, 0.29) is 5.41 Å². The maximum absolute atomic E-state index is 2.41. The van der Waals surface area contributed by atoms with E-state index >= 15 is 0 Å². The predicted octanol–water partition coefficient (Wildman–Crippen LogP) is 12.5. The third kappa shape index (κ3) is 3.79. The van der Waals surface area contributed by atoms with Crippen LogP contribution in [0.2, 0.25) is 0 Å². The first-order chi connectivity index (χ1) is 22.1. The number of benzene rings is 8. The van der Waals surface area contributed by atoms with Crippen molar-refractivity contribution in [2.75, 3.05) is 0 Å². The SMILES string of the molecule is CC1(C)c2ccccc2-c2cc3ccccc3c(-c3ccc(-c4c5ccccc5c(-c5ccccc5)c5ccccc45)cc3)c21. The number of hydrogen-bond acceptors (Lipinski definition) is 0. The van der Waals surface area contributed by atoms with Gasteiger partial charge in [0.25, 0.3) is 0 Å². The molecule has 0 bridgehead atoms. The summed E-state index contributed by atoms with van der Waals surface area (Å²) in [5.41, 5.74) is 13.2. The van der Waals surface area contributed by atoms with E-state index in [0.717, 1.165) is 0 Å². The zero-order valence-electron chi connectivity index (χ0n) is 25.5. The average molecular weight is 573 g/mol. The van der Waals surface area contributed by atoms with E-state index < -0.39 is 0 Å². The Labute approximate surface area is 264 Å². The Hall–Kier alpha value is -5.46. The minimum absolute atomic E-state index is 0.0936. The van der Waals surface area contributed by atoms with E-state index in [0.29, 0.717) is 0 Å². The van der Waals surface area contributed by atoms with Gasteiger partial charge in [-0.15, -0.1) is 0 Å². The molecule has 45 heavy (non-hydrogen) atoms. The minimum Gasteiger partial charge on any atom is -0.0622 e. The van der Waals surface area contributed by atoms with Crippen molar-refractivity contribution in [3.05, 3.63) is 169 Å². The second-order valence-electron chi connectivity index (χ2n) is 12.9. The summed E-state index contributed by atoms with van der Waals surface area (Å²) in [6, 6.07) is 58.2. The molecule has 0 amide bonds. The molecule has 8 aromatic rings. The van der Waals surface area contributed by atoms with Gasteiger partial charge < -0.3 is 0 Å². The Kier molecular flexibility index (Phi) is 5.64. The van der Waals surface area contributed by atoms with E-state index in [1.165, 1.54) is 88.0 Å². The van der Waals surface area contributed by atoms with E-state index in [4.69, 9.17) is 0 Å². The third-order valence-corrected chi connectivity index (χ3v) is 10.0. The molecule has 1 aliphatic carbocycles. The molecule has 1 aliphatic rings. The largest absolute Gasteiger partial charge is 0.0622 e. The summed E-state index contributed by atoms with van der Waals surface area (Å²) in [5, 5.41) is 7.74. The van der Waals surface area contributed by atoms with Crippen LogP contribution in [-0.2, 0) is 5.41 Å². The van der Waals surface area contributed by atoms with Crippen LogP contribution in [0.25, 0.3) is 76.8 Å². The fourth-order valence-corrected chi connectivity index (χ4v) is 8.07. The Morgan fingerprint density at radius 3 is 1.40 bits per heavy atom. The molecule has 0 nitrogen and oxygen atoms in total. The number of fused-ring (bicyclic) bond motifs is 6. The number of hydrogen-bond donors (Lipinski definition) is 0. The monoisotopic (exact) mass is 572 g/mol. The van der Waals surface area contributed by atoms with Gasteiger partial charge in [-0.2, -0.15) is 0 Å². The molecular weight excluding hydrogens is 540 g/mol. The van der Waals surface area contributed by atoms with Gasteiger partial charge in [-0.05, 0) is 94.0 Å². The quantitative estimate of drug-likeness (QED) is 0.185. The molecule has 8 aromatic carbocycles. The lowest BCUT2D eigenvalue weighted by Crippen LogP contribution is -2.16. The zero-order chi connectivity index (χ0) is 30.1. The van der Waals surface area contributed by atoms with Crippen LogP contribution in [0.4, 0.5) is 0 Å². The first kappa shape index (κ1) is 26.0. The second-order valence-corrected chi connectivity index (χ2v) is 12.9. The molecule has 9 rings (SSSR count). The van der Waals surface area contributed by atoms with Crippen molar-refractivity contribution < 1.29 is 0 Å². The van der Waals surface area contributed by atoms with Crippen molar-refractivity contribution in [2.45, 2.75) is 19.3 Å². The van der Waals surface area contributed by atoms with E-state index in [2.05, 4.69) is 172 Å². The van der Waals surface area contributed by atoms with Gasteiger partial charge in [0, 0.05) is 5.41 Å². The molecule has 0 fully saturated rings. The van der Waals surface area contributed by atoms with Crippen molar-refractivity contribution in [1.82, 2.24) is 0 Å². The first-order valence-corrected chi connectivity index (χ1v) is 15.9. The van der Waals surface area contributed by atoms with Crippen LogP contribution in [-0.4, -0.2) is 0 Å². The lowest BCUT2D eigenvalue weighted by molar-refractivity contribution is 0.663. The van der Waals surface area contributed by atoms with Crippen molar-refractivity contribution in [3.8, 4) is 44.5 Å². The highest BCUT2D eigenvalue weighted by molar-refractivity contribution is 6.21. The van der Waals surface area contributed by atoms with E-state index in [1.54, 1.807) is 0 Å². The van der Waals surface area contributed by atoms with Crippen molar-refractivity contribution in [1.29, 1.82) is 0 Å². The predicted molar refractivity (Wildman–Crippen MR) is 193 cm³/mol. The highest BCUT2D eigenvalue weighted by Gasteiger charge is 2.38. The van der Waals surface area contributed by atoms with Gasteiger partial charge in [-0.1, -0.05) is 166 Å². The molecule has 0 radical (unpaired) electrons. The number of rotatable bonds is 3. The van der Waals surface area contributed by atoms with Gasteiger partial charge in [0.05, 0.1) is 0 Å². The summed E-state index contributed by atoms with van der Waals surface area (Å²) < 4.78 is 0. The van der Waals surface area contributed by atoms with Crippen molar-refractivity contribution >= 4 is 32.3 Å². The van der Waals surface area contributed by atoms with Crippen LogP contribution >= 0.6 is 0 Å². The smallest absolute Gasteiger partial charge is 0.0165 e. The molecule has 0 saturated carbocycles. The fraction of sp³-hybridized carbons (Fsp3) is 0.0667. The molecule has 0 aliphatic heterocycles. The Morgan fingerprint density at radius 1 is 0.356 bits per heavy atom. The van der Waals surface area contributed by atoms with E-state index in [9.17, 15) is 0 Å². The molecule has 0 N–H and O–H groups in total. The van der Waals surface area contributed by atoms with Crippen LogP contribution in [0.5, 0.6) is 0 Å². The van der Waals surface area contributed by atoms with Crippen LogP contribution in [0.15, 0.2) is 158 Å². The summed E-state index contributed by atoms with van der Waals surface area (Å²) in [5.74, 6) is 0. The molecule has 0 heteroatoms. The van der Waals surface area contributed by atoms with Gasteiger partial charge in [0.15, 0.2) is 0 Å². The summed E-state index contributed by atoms with van der Waals surface area (Å²) in [4.78, 5) is 0. The van der Waals surface area contributed by atoms with Crippen molar-refractivity contribution in [3.63, 3.8) is 0 Å². The van der Waals surface area contributed by atoms with E-state index in [1.807, 2.05) is 0 Å². The standard InChI is InChI=1S/C45H32/c1-45(2)40-23-13-12-18-34(40)39-28-32-16-6-7-17-33(32)43(44(39)45)31-26-24-30(25-27-31)42-37-21-10-8-19-35(37)41(29-14-4-3-5-15-29)36-20-9-11-22-38(36)42/h3-28H,1-2H3. The molecule has 212 valence electrons. The topological polar surface area (TPSA) is 0 Å². The summed E-state index contributed by atoms with van der Waals surface area (Å²) >= 11 is 0. The maximum Gasteiger partial charge on any atom is 0.0165 e. The molecule has 0 heterocycles. The Balaban J connectivity index is 1.29. The lowest BCUT2D eigenvalue weighted by atomic mass is 9.77. The van der Waals surface area contributed by atoms with Gasteiger partial charge >= 0.3 is 0 Å². The van der Waals surface area contributed by atoms with Crippen LogP contribution in [0.1, 0.15) is 25.0 Å². The molecular formula is C45H32. The normalized spacial score (nSPS) is 13.3. The maximum atomic E-state index is 2.41. The minimum atomic E-state index is -0.0936. The van der Waals surface area contributed by atoms with Gasteiger partial charge in [-0.3, -0.25) is 0 Å². The molecule has 0 saturated heterocycles. The van der Waals surface area contributed by atoms with Crippen LogP contribution in [0, 0.1) is 0 Å². The van der Waals surface area contributed by atoms with Gasteiger partial charge in [-0.25, -0.2) is 0 Å².